The number of carbonyl (C=O) groups is 12. The van der Waals surface area contributed by atoms with E-state index in [0.717, 1.165) is 21.9 Å². The molecular formula is C67H93N12O26S4+. The number of hydrogen-bond donors (Lipinski definition) is 16. The molecular weight excluding hydrogens is 1520 g/mol. The fourth-order valence-electron chi connectivity index (χ4n) is 12.1. The number of carboxylic acids is 4. The topological polar surface area (TPSA) is 604 Å². The number of carboxylic acid groups (broad SMARTS) is 4. The molecule has 0 spiro atoms. The number of nitrogens with one attached hydrogen (secondary N) is 8. The van der Waals surface area contributed by atoms with Gasteiger partial charge in [-0.25, -0.2) is 9.21 Å². The van der Waals surface area contributed by atoms with E-state index in [9.17, 15) is 117 Å². The van der Waals surface area contributed by atoms with Gasteiger partial charge in [0.05, 0.1) is 52.4 Å². The lowest BCUT2D eigenvalue weighted by Crippen LogP contribution is -2.59. The van der Waals surface area contributed by atoms with Gasteiger partial charge in [-0.3, -0.25) is 76.7 Å². The van der Waals surface area contributed by atoms with Gasteiger partial charge in [0.2, 0.25) is 47.3 Å². The SMILES string of the molecule is CCC(=O)NC(CC(=O)O)C(=O)NC(CCCNC(=N)N)C(=O)NC(CC(=O)O)C(=O)NC(CC(=O)O)C(=O)NC(CSC1CC(=O)N(CCNC(=O)CCCC2(C)/C(=C/C=C/c3cc(C(C)(C)C)c4ccc(N(CC)CCCS(=O)(=O)O)cc4[o+]3)N(CCCS(=O)(=O)O)c3ccc(S(=O)(=O)O)cc32)C1=O)C(=O)O. The Bertz CT molecular complexity index is 4380. The van der Waals surface area contributed by atoms with Crippen LogP contribution in [0, 0.1) is 5.41 Å². The van der Waals surface area contributed by atoms with Gasteiger partial charge in [0, 0.05) is 98.9 Å². The van der Waals surface area contributed by atoms with Crippen molar-refractivity contribution in [3.8, 4) is 0 Å². The number of anilines is 2. The third-order valence-electron chi connectivity index (χ3n) is 17.5. The zero-order valence-electron chi connectivity index (χ0n) is 60.5. The molecule has 3 heterocycles. The van der Waals surface area contributed by atoms with Crippen LogP contribution in [0.3, 0.4) is 0 Å². The summed E-state index contributed by atoms with van der Waals surface area (Å²) < 4.78 is 108. The van der Waals surface area contributed by atoms with Crippen molar-refractivity contribution in [1.29, 1.82) is 5.41 Å². The molecule has 1 fully saturated rings. The number of carbonyl (C=O) groups excluding carboxylic acids is 8. The quantitative estimate of drug-likeness (QED) is 0.00940. The first-order valence-electron chi connectivity index (χ1n) is 34.3. The highest BCUT2D eigenvalue weighted by Gasteiger charge is 2.45. The summed E-state index contributed by atoms with van der Waals surface area (Å²) in [6, 6.07) is 1.56. The van der Waals surface area contributed by atoms with Gasteiger partial charge < -0.3 is 73.2 Å². The number of thioether (sulfide) groups is 1. The number of benzene rings is 2. The molecule has 600 valence electrons. The van der Waals surface area contributed by atoms with Gasteiger partial charge >= 0.3 is 35.2 Å². The monoisotopic (exact) mass is 1610 g/mol. The molecule has 38 nitrogen and oxygen atoms in total. The van der Waals surface area contributed by atoms with Crippen LogP contribution in [-0.4, -0.2) is 233 Å². The molecule has 2 aliphatic rings. The number of allylic oxidation sites excluding steroid dienone is 3. The molecule has 0 radical (unpaired) electrons. The first-order valence-corrected chi connectivity index (χ1v) is 40.0. The third kappa shape index (κ3) is 27.6. The van der Waals surface area contributed by atoms with Crippen LogP contribution in [0.15, 0.2) is 69.6 Å². The van der Waals surface area contributed by atoms with Gasteiger partial charge in [-0.05, 0) is 105 Å². The number of imide groups is 1. The Morgan fingerprint density at radius 2 is 1.28 bits per heavy atom. The highest BCUT2D eigenvalue weighted by molar-refractivity contribution is 8.00. The lowest BCUT2D eigenvalue weighted by molar-refractivity contribution is -0.144. The minimum atomic E-state index is -4.81. The Balaban J connectivity index is 1.29. The predicted octanol–water partition coefficient (Wildman–Crippen LogP) is 1.07. The number of nitrogens with zero attached hydrogens (tertiary/aromatic N) is 3. The Morgan fingerprint density at radius 1 is 0.706 bits per heavy atom. The van der Waals surface area contributed by atoms with Crippen molar-refractivity contribution >= 4 is 148 Å². The van der Waals surface area contributed by atoms with Crippen molar-refractivity contribution in [2.45, 2.75) is 170 Å². The van der Waals surface area contributed by atoms with E-state index in [-0.39, 0.29) is 77.5 Å². The predicted molar refractivity (Wildman–Crippen MR) is 395 cm³/mol. The fraction of sp³-hybridized carbons (Fsp3) is 0.522. The molecule has 109 heavy (non-hydrogen) atoms. The molecule has 5 rings (SSSR count). The number of amides is 8. The third-order valence-corrected chi connectivity index (χ3v) is 21.2. The van der Waals surface area contributed by atoms with E-state index in [2.05, 4.69) is 26.6 Å². The van der Waals surface area contributed by atoms with E-state index >= 15 is 0 Å². The number of likely N-dealkylation sites (tertiary alicyclic amines) is 1. The van der Waals surface area contributed by atoms with Crippen LogP contribution in [0.1, 0.15) is 135 Å². The van der Waals surface area contributed by atoms with Gasteiger partial charge in [-0.1, -0.05) is 33.8 Å². The number of rotatable bonds is 44. The van der Waals surface area contributed by atoms with E-state index in [1.807, 2.05) is 67.5 Å². The van der Waals surface area contributed by atoms with Crippen molar-refractivity contribution in [3.63, 3.8) is 0 Å². The molecule has 0 bridgehead atoms. The maximum Gasteiger partial charge on any atom is 0.363 e. The second kappa shape index (κ2) is 39.5. The van der Waals surface area contributed by atoms with Crippen molar-refractivity contribution < 1.29 is 121 Å². The molecule has 8 amide bonds. The van der Waals surface area contributed by atoms with Gasteiger partial charge in [0.25, 0.3) is 30.4 Å². The van der Waals surface area contributed by atoms with Crippen LogP contribution in [0.4, 0.5) is 11.4 Å². The Labute approximate surface area is 632 Å². The zero-order valence-corrected chi connectivity index (χ0v) is 63.8. The summed E-state index contributed by atoms with van der Waals surface area (Å²) in [5.74, 6) is -17.0. The average molecular weight is 1610 g/mol. The summed E-state index contributed by atoms with van der Waals surface area (Å²) in [4.78, 5) is 159. The summed E-state index contributed by atoms with van der Waals surface area (Å²) >= 11 is 0.600. The van der Waals surface area contributed by atoms with E-state index in [4.69, 9.17) is 15.6 Å². The minimum absolute atomic E-state index is 0.0398. The van der Waals surface area contributed by atoms with Crippen LogP contribution in [0.5, 0.6) is 0 Å². The largest absolute Gasteiger partial charge is 0.481 e. The second-order valence-corrected chi connectivity index (χ2v) is 32.6. The highest BCUT2D eigenvalue weighted by atomic mass is 32.2. The number of guanidine groups is 1. The zero-order chi connectivity index (χ0) is 81.7. The smallest absolute Gasteiger partial charge is 0.363 e. The van der Waals surface area contributed by atoms with Crippen LogP contribution < -0.4 is 52.8 Å². The minimum Gasteiger partial charge on any atom is -0.481 e. The summed E-state index contributed by atoms with van der Waals surface area (Å²) in [6.45, 7) is 11.1. The lowest BCUT2D eigenvalue weighted by atomic mass is 9.77. The maximum atomic E-state index is 13.8. The molecule has 2 aliphatic heterocycles. The fourth-order valence-corrected chi connectivity index (χ4v) is 14.8. The Morgan fingerprint density at radius 3 is 1.82 bits per heavy atom. The molecule has 1 aromatic heterocycles. The van der Waals surface area contributed by atoms with Gasteiger partial charge in [-0.2, -0.15) is 25.3 Å². The van der Waals surface area contributed by atoms with E-state index in [1.165, 1.54) is 19.1 Å². The molecule has 0 saturated carbocycles. The van der Waals surface area contributed by atoms with Crippen LogP contribution in [0.25, 0.3) is 17.0 Å². The van der Waals surface area contributed by atoms with Gasteiger partial charge in [-0.15, -0.1) is 11.8 Å². The maximum absolute atomic E-state index is 13.8. The van der Waals surface area contributed by atoms with Crippen molar-refractivity contribution in [1.82, 2.24) is 42.1 Å². The van der Waals surface area contributed by atoms with E-state index < -0.39 is 202 Å². The summed E-state index contributed by atoms with van der Waals surface area (Å²) in [7, 11) is -13.5. The van der Waals surface area contributed by atoms with Crippen LogP contribution in [0.2, 0.25) is 0 Å². The van der Waals surface area contributed by atoms with Crippen molar-refractivity contribution in [2.75, 3.05) is 66.3 Å². The lowest BCUT2D eigenvalue weighted by Gasteiger charge is -2.30. The van der Waals surface area contributed by atoms with Crippen LogP contribution in [-0.2, 0) is 98.7 Å². The molecule has 7 atom stereocenters. The molecule has 1 saturated heterocycles. The highest BCUT2D eigenvalue weighted by Crippen LogP contribution is 2.51. The number of fused-ring (bicyclic) bond motifs is 2. The molecule has 3 aromatic rings. The molecule has 17 N–H and O–H groups in total. The van der Waals surface area contributed by atoms with E-state index in [1.54, 1.807) is 30.1 Å². The normalized spacial score (nSPS) is 17.0. The van der Waals surface area contributed by atoms with Crippen LogP contribution >= 0.6 is 11.8 Å². The average Bonchev–Trinajstić information content (AvgIpc) is 1.58. The van der Waals surface area contributed by atoms with Crippen molar-refractivity contribution in [3.05, 3.63) is 77.2 Å². The molecule has 7 unspecified atom stereocenters. The summed E-state index contributed by atoms with van der Waals surface area (Å²) in [6.07, 6.45) is 0.469. The van der Waals surface area contributed by atoms with Gasteiger partial charge in [0.15, 0.2) is 5.96 Å². The van der Waals surface area contributed by atoms with Gasteiger partial charge in [0.1, 0.15) is 30.2 Å². The van der Waals surface area contributed by atoms with Crippen molar-refractivity contribution in [2.24, 2.45) is 5.73 Å². The number of hydrogen-bond acceptors (Lipinski definition) is 22. The Kier molecular flexibility index (Phi) is 32.5. The number of aliphatic carboxylic acids is 4. The first-order chi connectivity index (χ1) is 50.7. The number of nitrogens with two attached hydrogens (primary N) is 1. The Hall–Kier alpha value is -9.88. The first kappa shape index (κ1) is 89.7. The summed E-state index contributed by atoms with van der Waals surface area (Å²) in [5.41, 5.74) is 7.01. The molecule has 2 aromatic carbocycles. The second-order valence-electron chi connectivity index (χ2n) is 26.8. The molecule has 42 heteroatoms. The summed E-state index contributed by atoms with van der Waals surface area (Å²) in [5, 5.41) is 61.5. The van der Waals surface area contributed by atoms with E-state index in [0.29, 0.717) is 58.8 Å². The standard InChI is InChI=1S/C67H92N12O26S4/c1-7-53(80)72-45(33-56(83)84)60(90)73-44(15-11-23-71-65(68)69)59(89)74-46(34-57(85)86)61(91)75-47(35-58(87)88)62(92)76-48(64(94)95)37-106-51-36-55(82)79(63(51)93)27-24-70-54(81)17-10-22-67(6)43-32-40(109(102,103)104)19-21-49(43)78(26-13-29-108(99,100)101)52(67)16-9-14-39-31-42(66(3,4)5)41-20-18-38(30-50(41)105-39)77(8-2)25-12-28-107(96,97)98/h9,14,16,18-21,30-32,44-48,51H,7-8,10-13,15,17,22-29,33-37H2,1-6H3,(H16-,68,69,70,71,72,73,74,75,76,80,81,83,84,85,86,87,88,89,90,91,92,94,95,96,97,98,99,100,101,102,103,104)/p+1/b14-9+,52-16-. The molecule has 0 aliphatic carbocycles.